The molecule has 90 valence electrons. The van der Waals surface area contributed by atoms with E-state index in [0.29, 0.717) is 11.8 Å². The number of hydrogen-bond acceptors (Lipinski definition) is 1. The molecule has 0 radical (unpaired) electrons. The second-order valence-electron chi connectivity index (χ2n) is 5.03. The zero-order chi connectivity index (χ0) is 12.2. The Morgan fingerprint density at radius 3 is 2.35 bits per heavy atom. The summed E-state index contributed by atoms with van der Waals surface area (Å²) >= 11 is 5.79. The maximum Gasteiger partial charge on any atom is 0.167 e. The lowest BCUT2D eigenvalue weighted by Gasteiger charge is -2.11. The number of halogens is 3. The molecule has 1 aromatic rings. The summed E-state index contributed by atoms with van der Waals surface area (Å²) in [7, 11) is 0. The lowest BCUT2D eigenvalue weighted by atomic mass is 9.93. The molecule has 2 atom stereocenters. The van der Waals surface area contributed by atoms with Gasteiger partial charge in [0.1, 0.15) is 0 Å². The van der Waals surface area contributed by atoms with Gasteiger partial charge in [-0.3, -0.25) is 4.79 Å². The van der Waals surface area contributed by atoms with Gasteiger partial charge in [0.25, 0.3) is 0 Å². The first-order valence-electron chi connectivity index (χ1n) is 5.75. The SMILES string of the molecule is O=C(c1cc(F)c(F)cc1Cl)C1CC2CC2C1. The Balaban J connectivity index is 1.88. The van der Waals surface area contributed by atoms with Crippen LogP contribution >= 0.6 is 11.6 Å². The minimum absolute atomic E-state index is 0.00877. The first kappa shape index (κ1) is 11.1. The number of hydrogen-bond donors (Lipinski definition) is 0. The maximum absolute atomic E-state index is 13.1. The Morgan fingerprint density at radius 1 is 1.12 bits per heavy atom. The molecule has 2 aliphatic carbocycles. The summed E-state index contributed by atoms with van der Waals surface area (Å²) < 4.78 is 26.0. The minimum Gasteiger partial charge on any atom is -0.294 e. The third-order valence-electron chi connectivity index (χ3n) is 3.89. The van der Waals surface area contributed by atoms with Crippen molar-refractivity contribution in [2.45, 2.75) is 19.3 Å². The molecule has 2 saturated carbocycles. The van der Waals surface area contributed by atoms with Crippen LogP contribution in [0.15, 0.2) is 12.1 Å². The molecule has 0 bridgehead atoms. The first-order chi connectivity index (χ1) is 8.06. The number of carbonyl (C=O) groups excluding carboxylic acids is 1. The number of fused-ring (bicyclic) bond motifs is 1. The normalized spacial score (nSPS) is 30.2. The quantitative estimate of drug-likeness (QED) is 0.580. The predicted molar refractivity (Wildman–Crippen MR) is 60.0 cm³/mol. The monoisotopic (exact) mass is 256 g/mol. The van der Waals surface area contributed by atoms with E-state index in [1.54, 1.807) is 0 Å². The Kier molecular flexibility index (Phi) is 2.47. The van der Waals surface area contributed by atoms with E-state index in [1.807, 2.05) is 0 Å². The summed E-state index contributed by atoms with van der Waals surface area (Å²) in [4.78, 5) is 12.1. The van der Waals surface area contributed by atoms with Crippen molar-refractivity contribution < 1.29 is 13.6 Å². The van der Waals surface area contributed by atoms with Gasteiger partial charge in [-0.2, -0.15) is 0 Å². The number of rotatable bonds is 2. The molecule has 0 aromatic heterocycles. The summed E-state index contributed by atoms with van der Waals surface area (Å²) in [6, 6.07) is 1.80. The molecule has 4 heteroatoms. The average Bonchev–Trinajstić information content (AvgIpc) is 2.90. The van der Waals surface area contributed by atoms with Crippen molar-refractivity contribution in [1.29, 1.82) is 0 Å². The highest BCUT2D eigenvalue weighted by molar-refractivity contribution is 6.34. The molecule has 0 heterocycles. The number of ketones is 1. The van der Waals surface area contributed by atoms with Gasteiger partial charge in [-0.15, -0.1) is 0 Å². The van der Waals surface area contributed by atoms with Crippen LogP contribution in [0.1, 0.15) is 29.6 Å². The third kappa shape index (κ3) is 1.86. The van der Waals surface area contributed by atoms with E-state index in [2.05, 4.69) is 0 Å². The van der Waals surface area contributed by atoms with Crippen molar-refractivity contribution in [2.75, 3.05) is 0 Å². The van der Waals surface area contributed by atoms with Gasteiger partial charge in [0.15, 0.2) is 17.4 Å². The molecule has 0 spiro atoms. The van der Waals surface area contributed by atoms with Crippen LogP contribution in [0.25, 0.3) is 0 Å². The summed E-state index contributed by atoms with van der Waals surface area (Å²) in [5.74, 6) is -0.870. The van der Waals surface area contributed by atoms with Gasteiger partial charge in [-0.1, -0.05) is 11.6 Å². The summed E-state index contributed by atoms with van der Waals surface area (Å²) in [5.41, 5.74) is 0.122. The van der Waals surface area contributed by atoms with Crippen LogP contribution in [0.3, 0.4) is 0 Å². The Labute approximate surface area is 103 Å². The zero-order valence-corrected chi connectivity index (χ0v) is 9.81. The summed E-state index contributed by atoms with van der Waals surface area (Å²) in [6.07, 6.45) is 2.97. The van der Waals surface area contributed by atoms with Crippen LogP contribution in [-0.2, 0) is 0 Å². The molecule has 0 N–H and O–H groups in total. The smallest absolute Gasteiger partial charge is 0.167 e. The average molecular weight is 257 g/mol. The molecule has 3 rings (SSSR count). The molecule has 0 aliphatic heterocycles. The highest BCUT2D eigenvalue weighted by Gasteiger charge is 2.48. The van der Waals surface area contributed by atoms with Crippen LogP contribution < -0.4 is 0 Å². The van der Waals surface area contributed by atoms with Gasteiger partial charge in [-0.05, 0) is 43.2 Å². The maximum atomic E-state index is 13.1. The second kappa shape index (κ2) is 3.77. The van der Waals surface area contributed by atoms with Gasteiger partial charge in [0.2, 0.25) is 0 Å². The van der Waals surface area contributed by atoms with Gasteiger partial charge >= 0.3 is 0 Å². The largest absolute Gasteiger partial charge is 0.294 e. The van der Waals surface area contributed by atoms with Crippen molar-refractivity contribution in [3.63, 3.8) is 0 Å². The fourth-order valence-electron chi connectivity index (χ4n) is 2.86. The molecular formula is C13H11ClF2O. The van der Waals surface area contributed by atoms with E-state index in [4.69, 9.17) is 11.6 Å². The van der Waals surface area contributed by atoms with Crippen molar-refractivity contribution >= 4 is 17.4 Å². The molecule has 2 unspecified atom stereocenters. The van der Waals surface area contributed by atoms with E-state index < -0.39 is 11.6 Å². The molecular weight excluding hydrogens is 246 g/mol. The molecule has 2 fully saturated rings. The van der Waals surface area contributed by atoms with Crippen molar-refractivity contribution in [3.05, 3.63) is 34.4 Å². The lowest BCUT2D eigenvalue weighted by molar-refractivity contribution is 0.0914. The number of carbonyl (C=O) groups is 1. The minimum atomic E-state index is -1.01. The molecule has 1 aromatic carbocycles. The topological polar surface area (TPSA) is 17.1 Å². The Morgan fingerprint density at radius 2 is 1.71 bits per heavy atom. The fourth-order valence-corrected chi connectivity index (χ4v) is 3.10. The Hall–Kier alpha value is -0.960. The van der Waals surface area contributed by atoms with Gasteiger partial charge < -0.3 is 0 Å². The van der Waals surface area contributed by atoms with E-state index in [-0.39, 0.29) is 22.3 Å². The van der Waals surface area contributed by atoms with E-state index in [9.17, 15) is 13.6 Å². The third-order valence-corrected chi connectivity index (χ3v) is 4.20. The van der Waals surface area contributed by atoms with Crippen LogP contribution in [0, 0.1) is 29.4 Å². The van der Waals surface area contributed by atoms with Gasteiger partial charge in [-0.25, -0.2) is 8.78 Å². The van der Waals surface area contributed by atoms with Crippen LogP contribution in [-0.4, -0.2) is 5.78 Å². The highest BCUT2D eigenvalue weighted by Crippen LogP contribution is 2.55. The van der Waals surface area contributed by atoms with Crippen molar-refractivity contribution in [3.8, 4) is 0 Å². The molecule has 17 heavy (non-hydrogen) atoms. The van der Waals surface area contributed by atoms with E-state index in [0.717, 1.165) is 25.0 Å². The second-order valence-corrected chi connectivity index (χ2v) is 5.44. The van der Waals surface area contributed by atoms with Gasteiger partial charge in [0.05, 0.1) is 5.02 Å². The molecule has 2 aliphatic rings. The van der Waals surface area contributed by atoms with E-state index in [1.165, 1.54) is 6.42 Å². The number of Topliss-reactive ketones (excluding diaryl/α,β-unsaturated/α-hetero) is 1. The highest BCUT2D eigenvalue weighted by atomic mass is 35.5. The number of benzene rings is 1. The first-order valence-corrected chi connectivity index (χ1v) is 6.13. The summed E-state index contributed by atoms with van der Waals surface area (Å²) in [5, 5.41) is 0.00877. The standard InChI is InChI=1S/C13H11ClF2O/c14-10-5-12(16)11(15)4-9(10)13(17)8-2-6-1-7(6)3-8/h4-8H,1-3H2. The van der Waals surface area contributed by atoms with Crippen LogP contribution in [0.2, 0.25) is 5.02 Å². The molecule has 0 saturated heterocycles. The molecule has 1 nitrogen and oxygen atoms in total. The van der Waals surface area contributed by atoms with Crippen molar-refractivity contribution in [1.82, 2.24) is 0 Å². The van der Waals surface area contributed by atoms with E-state index >= 15 is 0 Å². The predicted octanol–water partition coefficient (Wildman–Crippen LogP) is 3.85. The lowest BCUT2D eigenvalue weighted by Crippen LogP contribution is -2.14. The van der Waals surface area contributed by atoms with Crippen LogP contribution in [0.4, 0.5) is 8.78 Å². The van der Waals surface area contributed by atoms with Crippen molar-refractivity contribution in [2.24, 2.45) is 17.8 Å². The molecule has 0 amide bonds. The van der Waals surface area contributed by atoms with Crippen LogP contribution in [0.5, 0.6) is 0 Å². The Bertz CT molecular complexity index is 490. The van der Waals surface area contributed by atoms with Gasteiger partial charge in [0, 0.05) is 11.5 Å². The fraction of sp³-hybridized carbons (Fsp3) is 0.462. The zero-order valence-electron chi connectivity index (χ0n) is 9.05. The summed E-state index contributed by atoms with van der Waals surface area (Å²) in [6.45, 7) is 0.